The molecule has 0 amide bonds. The van der Waals surface area contributed by atoms with Gasteiger partial charge in [0.25, 0.3) is 0 Å². The van der Waals surface area contributed by atoms with Crippen molar-refractivity contribution >= 4 is 18.6 Å². The summed E-state index contributed by atoms with van der Waals surface area (Å²) in [6, 6.07) is -0.611. The summed E-state index contributed by atoms with van der Waals surface area (Å²) in [5.41, 5.74) is 0.724. The molecule has 7 heteroatoms. The van der Waals surface area contributed by atoms with E-state index in [-0.39, 0.29) is 12.4 Å². The van der Waals surface area contributed by atoms with Crippen molar-refractivity contribution in [3.05, 3.63) is 11.9 Å². The second kappa shape index (κ2) is 5.47. The molecule has 0 aliphatic heterocycles. The van der Waals surface area contributed by atoms with Crippen LogP contribution in [0.2, 0.25) is 0 Å². The number of carboxylic acids is 1. The molecule has 1 unspecified atom stereocenters. The molecule has 0 aliphatic rings. The molecule has 0 radical (unpaired) electrons. The third-order valence-electron chi connectivity index (χ3n) is 2.23. The van der Waals surface area contributed by atoms with Gasteiger partial charge in [-0.3, -0.25) is 4.98 Å². The van der Waals surface area contributed by atoms with E-state index in [9.17, 15) is 9.90 Å². The Bertz CT molecular complexity index is 362. The zero-order valence-electron chi connectivity index (χ0n) is 9.36. The zero-order chi connectivity index (χ0) is 11.6. The molecule has 16 heavy (non-hydrogen) atoms. The van der Waals surface area contributed by atoms with Crippen molar-refractivity contribution in [1.82, 2.24) is 9.97 Å². The van der Waals surface area contributed by atoms with E-state index in [1.807, 2.05) is 21.1 Å². The lowest BCUT2D eigenvalue weighted by molar-refractivity contribution is -0.889. The lowest BCUT2D eigenvalue weighted by atomic mass is 10.1. The van der Waals surface area contributed by atoms with Crippen molar-refractivity contribution in [3.63, 3.8) is 0 Å². The van der Waals surface area contributed by atoms with Gasteiger partial charge in [-0.1, -0.05) is 0 Å². The first kappa shape index (κ1) is 15.2. The maximum atomic E-state index is 11.0. The minimum absolute atomic E-state index is 0. The van der Waals surface area contributed by atoms with Crippen LogP contribution in [0.15, 0.2) is 11.4 Å². The number of carbonyl (C=O) groups excluding carboxylic acids is 1. The van der Waals surface area contributed by atoms with Crippen LogP contribution in [0, 0.1) is 0 Å². The molecule has 1 aromatic heterocycles. The van der Waals surface area contributed by atoms with Gasteiger partial charge in [0.2, 0.25) is 0 Å². The Kier molecular flexibility index (Phi) is 5.18. The molecule has 1 aromatic rings. The molecular weight excluding hydrogens is 250 g/mol. The van der Waals surface area contributed by atoms with Gasteiger partial charge < -0.3 is 44.4 Å². The third kappa shape index (κ3) is 3.96. The number of rotatable bonds is 4. The summed E-state index contributed by atoms with van der Waals surface area (Å²) in [4.78, 5) is 17.7. The van der Waals surface area contributed by atoms with Crippen molar-refractivity contribution in [1.29, 1.82) is 0 Å². The molecule has 1 heterocycles. The standard InChI is InChI=1S/C9H15N3O2S.ClH/c1-12(2,3)7(8(13)14)4-6-5-10-9(15)11-6;/h5,7H,4H2,1-3H3,(H2-,10,11,13,14,15);1H/p-2. The smallest absolute Gasteiger partial charge is 0.134 e. The molecule has 1 N–H and O–H groups in total. The average Bonchev–Trinajstić information content (AvgIpc) is 2.44. The quantitative estimate of drug-likeness (QED) is 0.441. The van der Waals surface area contributed by atoms with Gasteiger partial charge in [-0.2, -0.15) is 0 Å². The lowest BCUT2D eigenvalue weighted by Crippen LogP contribution is -3.00. The van der Waals surface area contributed by atoms with Gasteiger partial charge in [0, 0.05) is 18.3 Å². The fourth-order valence-corrected chi connectivity index (χ4v) is 1.51. The fourth-order valence-electron chi connectivity index (χ4n) is 1.32. The Morgan fingerprint density at radius 1 is 1.62 bits per heavy atom. The van der Waals surface area contributed by atoms with Gasteiger partial charge in [0.05, 0.1) is 27.1 Å². The van der Waals surface area contributed by atoms with Crippen molar-refractivity contribution in [2.75, 3.05) is 21.1 Å². The van der Waals surface area contributed by atoms with Gasteiger partial charge in [0.1, 0.15) is 6.04 Å². The van der Waals surface area contributed by atoms with Gasteiger partial charge in [0.15, 0.2) is 0 Å². The van der Waals surface area contributed by atoms with Crippen LogP contribution >= 0.6 is 0 Å². The van der Waals surface area contributed by atoms with Gasteiger partial charge in [-0.15, -0.1) is 0 Å². The number of quaternary nitrogens is 1. The summed E-state index contributed by atoms with van der Waals surface area (Å²) < 4.78 is 0.300. The van der Waals surface area contributed by atoms with Crippen LogP contribution in [0.4, 0.5) is 0 Å². The summed E-state index contributed by atoms with van der Waals surface area (Å²) >= 11 is 4.81. The van der Waals surface area contributed by atoms with Crippen LogP contribution in [-0.4, -0.2) is 47.6 Å². The average molecular weight is 264 g/mol. The highest BCUT2D eigenvalue weighted by atomic mass is 35.5. The van der Waals surface area contributed by atoms with Crippen molar-refractivity contribution in [2.45, 2.75) is 17.6 Å². The number of carboxylic acid groups (broad SMARTS) is 1. The van der Waals surface area contributed by atoms with Crippen molar-refractivity contribution < 1.29 is 26.8 Å². The topological polar surface area (TPSA) is 68.8 Å². The predicted molar refractivity (Wildman–Crippen MR) is 54.8 cm³/mol. The molecule has 5 nitrogen and oxygen atoms in total. The summed E-state index contributed by atoms with van der Waals surface area (Å²) in [6.45, 7) is 0. The van der Waals surface area contributed by atoms with E-state index in [2.05, 4.69) is 9.97 Å². The maximum Gasteiger partial charge on any atom is 0.134 e. The minimum Gasteiger partial charge on any atom is -1.00 e. The first-order valence-electron chi connectivity index (χ1n) is 4.53. The number of H-pyrrole nitrogens is 1. The number of imidazole rings is 1. The summed E-state index contributed by atoms with van der Waals surface area (Å²) in [6.07, 6.45) is 1.91. The van der Waals surface area contributed by atoms with E-state index < -0.39 is 12.0 Å². The molecule has 0 saturated carbocycles. The highest BCUT2D eigenvalue weighted by Crippen LogP contribution is 2.09. The lowest BCUT2D eigenvalue weighted by Gasteiger charge is -2.34. The number of hydrogen-bond acceptors (Lipinski definition) is 4. The van der Waals surface area contributed by atoms with Crippen LogP contribution in [0.3, 0.4) is 0 Å². The Labute approximate surface area is 106 Å². The Balaban J connectivity index is 0.00000225. The Hall–Kier alpha value is -0.850. The molecule has 0 aromatic carbocycles. The van der Waals surface area contributed by atoms with Gasteiger partial charge in [-0.25, -0.2) is 0 Å². The number of carbonyl (C=O) groups is 1. The maximum absolute atomic E-state index is 11.0. The van der Waals surface area contributed by atoms with Crippen LogP contribution < -0.4 is 17.5 Å². The number of hydrogen-bond donors (Lipinski definition) is 1. The van der Waals surface area contributed by atoms with E-state index in [0.717, 1.165) is 5.69 Å². The number of aromatic nitrogens is 2. The number of aromatic amines is 1. The second-order valence-electron chi connectivity index (χ2n) is 4.37. The van der Waals surface area contributed by atoms with E-state index in [1.54, 1.807) is 6.20 Å². The molecule has 92 valence electrons. The van der Waals surface area contributed by atoms with Crippen molar-refractivity contribution in [3.8, 4) is 0 Å². The van der Waals surface area contributed by atoms with Crippen LogP contribution in [0.5, 0.6) is 0 Å². The third-order valence-corrected chi connectivity index (χ3v) is 2.43. The van der Waals surface area contributed by atoms with E-state index in [4.69, 9.17) is 12.6 Å². The van der Waals surface area contributed by atoms with Crippen LogP contribution in [0.25, 0.3) is 0 Å². The van der Waals surface area contributed by atoms with E-state index >= 15 is 0 Å². The number of likely N-dealkylation sites (N-methyl/N-ethyl adjacent to an activating group) is 1. The highest BCUT2D eigenvalue weighted by Gasteiger charge is 2.25. The summed E-state index contributed by atoms with van der Waals surface area (Å²) in [5, 5.41) is 11.3. The Morgan fingerprint density at radius 2 is 2.19 bits per heavy atom. The summed E-state index contributed by atoms with van der Waals surface area (Å²) in [7, 11) is 5.43. The number of aliphatic carboxylic acids is 1. The molecule has 0 spiro atoms. The minimum atomic E-state index is -1.07. The molecule has 0 aliphatic carbocycles. The van der Waals surface area contributed by atoms with E-state index in [1.165, 1.54) is 0 Å². The Morgan fingerprint density at radius 3 is 2.50 bits per heavy atom. The number of halogens is 1. The van der Waals surface area contributed by atoms with Gasteiger partial charge >= 0.3 is 0 Å². The number of nitrogens with zero attached hydrogens (tertiary/aromatic N) is 2. The van der Waals surface area contributed by atoms with Crippen molar-refractivity contribution in [2.24, 2.45) is 0 Å². The molecule has 1 atom stereocenters. The van der Waals surface area contributed by atoms with Crippen LogP contribution in [-0.2, 0) is 23.8 Å². The first-order chi connectivity index (χ1) is 6.80. The SMILES string of the molecule is C[N+](C)(C)C(Cc1cnc([S-])[nH]1)C(=O)[O-].[Cl-]. The molecule has 0 saturated heterocycles. The monoisotopic (exact) mass is 263 g/mol. The van der Waals surface area contributed by atoms with Gasteiger partial charge in [-0.05, 0) is 5.16 Å². The fraction of sp³-hybridized carbons (Fsp3) is 0.556. The zero-order valence-corrected chi connectivity index (χ0v) is 10.9. The highest BCUT2D eigenvalue weighted by molar-refractivity contribution is 7.58. The summed E-state index contributed by atoms with van der Waals surface area (Å²) in [5.74, 6) is -1.07. The molecule has 0 fully saturated rings. The molecule has 1 rings (SSSR count). The number of nitrogens with one attached hydrogen (secondary N) is 1. The molecule has 0 bridgehead atoms. The predicted octanol–water partition coefficient (Wildman–Crippen LogP) is -4.31. The molecular formula is C9H14ClN3O2S-2. The first-order valence-corrected chi connectivity index (χ1v) is 4.94. The normalized spacial score (nSPS) is 12.9. The second-order valence-corrected chi connectivity index (χ2v) is 4.76. The largest absolute Gasteiger partial charge is 1.00 e. The van der Waals surface area contributed by atoms with E-state index in [0.29, 0.717) is 16.1 Å². The van der Waals surface area contributed by atoms with Crippen LogP contribution in [0.1, 0.15) is 5.69 Å².